The van der Waals surface area contributed by atoms with E-state index in [2.05, 4.69) is 54.5 Å². The van der Waals surface area contributed by atoms with Crippen molar-refractivity contribution in [2.45, 2.75) is 52.4 Å². The van der Waals surface area contributed by atoms with Crippen molar-refractivity contribution in [3.05, 3.63) is 45.8 Å². The number of carbonyl (C=O) groups excluding carboxylic acids is 1. The van der Waals surface area contributed by atoms with Gasteiger partial charge in [0.1, 0.15) is 11.1 Å². The van der Waals surface area contributed by atoms with Gasteiger partial charge < -0.3 is 10.2 Å². The van der Waals surface area contributed by atoms with Gasteiger partial charge in [0.15, 0.2) is 0 Å². The Hall–Kier alpha value is -2.32. The molecule has 1 aromatic carbocycles. The fraction of sp³-hybridized carbons (Fsp3) is 0.520. The predicted molar refractivity (Wildman–Crippen MR) is 124 cm³/mol. The Balaban J connectivity index is 1.37. The fourth-order valence-electron chi connectivity index (χ4n) is 5.20. The van der Waals surface area contributed by atoms with E-state index >= 15 is 0 Å². The fourth-order valence-corrected chi connectivity index (χ4v) is 6.40. The number of carbonyl (C=O) groups is 1. The minimum Gasteiger partial charge on any atom is -0.375 e. The molecule has 158 valence electrons. The molecule has 0 radical (unpaired) electrons. The normalized spacial score (nSPS) is 22.1. The first-order valence-electron chi connectivity index (χ1n) is 11.1. The Kier molecular flexibility index (Phi) is 6.15. The molecular formula is C25H31N3OS. The van der Waals surface area contributed by atoms with Gasteiger partial charge in [-0.05, 0) is 75.5 Å². The van der Waals surface area contributed by atoms with E-state index in [4.69, 9.17) is 0 Å². The Morgan fingerprint density at radius 1 is 1.23 bits per heavy atom. The number of benzene rings is 1. The van der Waals surface area contributed by atoms with E-state index in [1.165, 1.54) is 35.4 Å². The van der Waals surface area contributed by atoms with Crippen molar-refractivity contribution in [3.63, 3.8) is 0 Å². The van der Waals surface area contributed by atoms with Crippen LogP contribution in [0.15, 0.2) is 24.3 Å². The second kappa shape index (κ2) is 8.81. The van der Waals surface area contributed by atoms with Crippen molar-refractivity contribution in [3.8, 4) is 6.07 Å². The molecule has 5 heteroatoms. The zero-order valence-electron chi connectivity index (χ0n) is 18.2. The molecule has 2 bridgehead atoms. The van der Waals surface area contributed by atoms with Crippen molar-refractivity contribution < 1.29 is 4.79 Å². The number of amides is 1. The zero-order chi connectivity index (χ0) is 21.3. The molecule has 3 atom stereocenters. The van der Waals surface area contributed by atoms with E-state index in [-0.39, 0.29) is 11.8 Å². The number of rotatable bonds is 7. The highest BCUT2D eigenvalue weighted by Crippen LogP contribution is 2.49. The maximum Gasteiger partial charge on any atom is 0.228 e. The highest BCUT2D eigenvalue weighted by molar-refractivity contribution is 7.16. The summed E-state index contributed by atoms with van der Waals surface area (Å²) in [6.45, 7) is 5.07. The average Bonchev–Trinajstić information content (AvgIpc) is 3.44. The molecular weight excluding hydrogens is 390 g/mol. The third-order valence-electron chi connectivity index (χ3n) is 7.04. The molecule has 0 saturated heterocycles. The monoisotopic (exact) mass is 421 g/mol. The molecule has 30 heavy (non-hydrogen) atoms. The van der Waals surface area contributed by atoms with Gasteiger partial charge in [-0.25, -0.2) is 0 Å². The second-order valence-electron chi connectivity index (χ2n) is 9.10. The van der Waals surface area contributed by atoms with Gasteiger partial charge in [0.2, 0.25) is 5.91 Å². The third-order valence-corrected chi connectivity index (χ3v) is 8.31. The number of nitriles is 1. The zero-order valence-corrected chi connectivity index (χ0v) is 19.0. The van der Waals surface area contributed by atoms with Gasteiger partial charge in [0.05, 0.1) is 5.56 Å². The second-order valence-corrected chi connectivity index (χ2v) is 10.2. The number of hydrogen-bond donors (Lipinski definition) is 1. The molecule has 1 heterocycles. The van der Waals surface area contributed by atoms with Crippen molar-refractivity contribution in [2.75, 3.05) is 23.8 Å². The van der Waals surface area contributed by atoms with E-state index in [0.717, 1.165) is 42.3 Å². The smallest absolute Gasteiger partial charge is 0.228 e. The Labute approximate surface area is 183 Å². The first-order valence-corrected chi connectivity index (χ1v) is 11.9. The summed E-state index contributed by atoms with van der Waals surface area (Å²) < 4.78 is 0. The molecule has 4 nitrogen and oxygen atoms in total. The lowest BCUT2D eigenvalue weighted by Gasteiger charge is -2.20. The van der Waals surface area contributed by atoms with Crippen LogP contribution < -0.4 is 10.2 Å². The summed E-state index contributed by atoms with van der Waals surface area (Å²) in [6, 6.07) is 10.9. The number of aryl methyl sites for hydroxylation is 2. The van der Waals surface area contributed by atoms with Crippen LogP contribution in [-0.2, 0) is 11.2 Å². The highest BCUT2D eigenvalue weighted by Gasteiger charge is 2.43. The molecule has 2 aliphatic carbocycles. The van der Waals surface area contributed by atoms with Crippen LogP contribution in [0.3, 0.4) is 0 Å². The molecule has 0 spiro atoms. The molecule has 1 N–H and O–H groups in total. The van der Waals surface area contributed by atoms with E-state index in [9.17, 15) is 10.1 Å². The predicted octanol–water partition coefficient (Wildman–Crippen LogP) is 5.68. The van der Waals surface area contributed by atoms with Crippen LogP contribution >= 0.6 is 11.3 Å². The maximum atomic E-state index is 12.9. The molecule has 2 saturated carbocycles. The minimum atomic E-state index is 0.130. The Bertz CT molecular complexity index is 956. The number of hydrogen-bond acceptors (Lipinski definition) is 4. The number of fused-ring (bicyclic) bond motifs is 2. The van der Waals surface area contributed by atoms with Crippen LogP contribution in [0.4, 0.5) is 10.7 Å². The Morgan fingerprint density at radius 2 is 2.00 bits per heavy atom. The van der Waals surface area contributed by atoms with Gasteiger partial charge in [-0.15, -0.1) is 11.3 Å². The largest absolute Gasteiger partial charge is 0.375 e. The molecule has 0 unspecified atom stereocenters. The maximum absolute atomic E-state index is 12.9. The van der Waals surface area contributed by atoms with Crippen molar-refractivity contribution in [1.29, 1.82) is 5.26 Å². The molecule has 4 rings (SSSR count). The molecule has 1 amide bonds. The topological polar surface area (TPSA) is 56.1 Å². The lowest BCUT2D eigenvalue weighted by Crippen LogP contribution is -2.27. The minimum absolute atomic E-state index is 0.130. The lowest BCUT2D eigenvalue weighted by atomic mass is 9.88. The van der Waals surface area contributed by atoms with E-state index in [1.54, 1.807) is 11.3 Å². The van der Waals surface area contributed by atoms with Gasteiger partial charge in [-0.3, -0.25) is 4.79 Å². The number of nitrogens with one attached hydrogen (secondary N) is 1. The van der Waals surface area contributed by atoms with Crippen LogP contribution in [0.2, 0.25) is 0 Å². The van der Waals surface area contributed by atoms with Crippen LogP contribution in [0, 0.1) is 42.9 Å². The molecule has 1 aromatic heterocycles. The van der Waals surface area contributed by atoms with Crippen LogP contribution in [-0.4, -0.2) is 19.5 Å². The SMILES string of the molecule is Cc1ccc(N(C)CCCc2sc(NC(=O)[C@@H]3C[C@H]4CC[C@@H]3C4)c(C#N)c2C)cc1. The number of anilines is 2. The standard InChI is InChI=1S/C25H31N3OS/c1-16-6-10-20(11-7-16)28(3)12-4-5-23-17(2)22(15-26)25(30-23)27-24(29)21-14-18-8-9-19(21)13-18/h6-7,10-11,18-19,21H,4-5,8-9,12-14H2,1-3H3,(H,27,29)/t18-,19+,21+/m0/s1. The average molecular weight is 422 g/mol. The quantitative estimate of drug-likeness (QED) is 0.626. The summed E-state index contributed by atoms with van der Waals surface area (Å²) in [5.74, 6) is 1.57. The number of thiophene rings is 1. The number of nitrogens with zero attached hydrogens (tertiary/aromatic N) is 2. The van der Waals surface area contributed by atoms with Gasteiger partial charge >= 0.3 is 0 Å². The first kappa shape index (κ1) is 20.9. The highest BCUT2D eigenvalue weighted by atomic mass is 32.1. The van der Waals surface area contributed by atoms with E-state index < -0.39 is 0 Å². The van der Waals surface area contributed by atoms with Crippen LogP contribution in [0.25, 0.3) is 0 Å². The van der Waals surface area contributed by atoms with Crippen LogP contribution in [0.1, 0.15) is 53.7 Å². The van der Waals surface area contributed by atoms with E-state index in [0.29, 0.717) is 11.5 Å². The summed E-state index contributed by atoms with van der Waals surface area (Å²) in [4.78, 5) is 16.3. The van der Waals surface area contributed by atoms with Crippen molar-refractivity contribution in [1.82, 2.24) is 0 Å². The van der Waals surface area contributed by atoms with Crippen molar-refractivity contribution in [2.24, 2.45) is 17.8 Å². The summed E-state index contributed by atoms with van der Waals surface area (Å²) in [5, 5.41) is 13.6. The lowest BCUT2D eigenvalue weighted by molar-refractivity contribution is -0.121. The molecule has 2 fully saturated rings. The first-order chi connectivity index (χ1) is 14.5. The van der Waals surface area contributed by atoms with Crippen molar-refractivity contribution >= 4 is 27.9 Å². The Morgan fingerprint density at radius 3 is 2.63 bits per heavy atom. The summed E-state index contributed by atoms with van der Waals surface area (Å²) in [5.41, 5.74) is 4.17. The summed E-state index contributed by atoms with van der Waals surface area (Å²) in [6.07, 6.45) is 6.66. The summed E-state index contributed by atoms with van der Waals surface area (Å²) in [7, 11) is 2.12. The van der Waals surface area contributed by atoms with Crippen LogP contribution in [0.5, 0.6) is 0 Å². The molecule has 2 aliphatic rings. The van der Waals surface area contributed by atoms with Gasteiger partial charge in [-0.1, -0.05) is 24.1 Å². The van der Waals surface area contributed by atoms with E-state index in [1.807, 2.05) is 6.92 Å². The third kappa shape index (κ3) is 4.25. The van der Waals surface area contributed by atoms with Gasteiger partial charge in [0.25, 0.3) is 0 Å². The molecule has 2 aromatic rings. The van der Waals surface area contributed by atoms with Gasteiger partial charge in [0, 0.05) is 30.1 Å². The molecule has 0 aliphatic heterocycles. The summed E-state index contributed by atoms with van der Waals surface area (Å²) >= 11 is 1.59. The van der Waals surface area contributed by atoms with Gasteiger partial charge in [-0.2, -0.15) is 5.26 Å².